The average Bonchev–Trinajstić information content (AvgIpc) is 2.72. The number of methoxy groups -OCH3 is 1. The maximum atomic E-state index is 12.2. The fourth-order valence-electron chi connectivity index (χ4n) is 2.66. The van der Waals surface area contributed by atoms with Crippen molar-refractivity contribution >= 4 is 17.7 Å². The zero-order chi connectivity index (χ0) is 19.9. The van der Waals surface area contributed by atoms with Crippen molar-refractivity contribution in [2.75, 3.05) is 12.9 Å². The van der Waals surface area contributed by atoms with Crippen molar-refractivity contribution in [3.05, 3.63) is 76.6 Å². The first kappa shape index (κ1) is 19.7. The zero-order valence-electron chi connectivity index (χ0n) is 15.6. The minimum atomic E-state index is -0.263. The summed E-state index contributed by atoms with van der Waals surface area (Å²) < 4.78 is 5.14. The second-order valence-electron chi connectivity index (χ2n) is 6.15. The van der Waals surface area contributed by atoms with E-state index in [0.29, 0.717) is 10.9 Å². The first-order valence-corrected chi connectivity index (χ1v) is 9.76. The van der Waals surface area contributed by atoms with E-state index < -0.39 is 0 Å². The molecule has 1 heterocycles. The molecule has 0 bridgehead atoms. The summed E-state index contributed by atoms with van der Waals surface area (Å²) in [7, 11) is 1.60. The van der Waals surface area contributed by atoms with Crippen molar-refractivity contribution in [3.8, 4) is 17.0 Å². The normalized spacial score (nSPS) is 11.6. The highest BCUT2D eigenvalue weighted by atomic mass is 32.2. The van der Waals surface area contributed by atoms with Crippen LogP contribution >= 0.6 is 11.8 Å². The predicted molar refractivity (Wildman–Crippen MR) is 111 cm³/mol. The van der Waals surface area contributed by atoms with Crippen molar-refractivity contribution in [1.82, 2.24) is 15.3 Å². The van der Waals surface area contributed by atoms with E-state index in [1.807, 2.05) is 61.5 Å². The van der Waals surface area contributed by atoms with Crippen LogP contribution in [0.5, 0.6) is 5.75 Å². The molecule has 144 valence electrons. The fourth-order valence-corrected chi connectivity index (χ4v) is 3.34. The van der Waals surface area contributed by atoms with Crippen LogP contribution in [0.15, 0.2) is 70.6 Å². The van der Waals surface area contributed by atoms with Crippen molar-refractivity contribution in [2.45, 2.75) is 18.1 Å². The lowest BCUT2D eigenvalue weighted by atomic mass is 10.1. The Morgan fingerprint density at radius 3 is 2.57 bits per heavy atom. The molecule has 1 aromatic heterocycles. The number of carbonyl (C=O) groups excluding carboxylic acids is 1. The van der Waals surface area contributed by atoms with E-state index in [1.165, 1.54) is 17.8 Å². The van der Waals surface area contributed by atoms with E-state index in [4.69, 9.17) is 4.74 Å². The molecular formula is C21H21N3O3S. The molecule has 1 amide bonds. The Labute approximate surface area is 167 Å². The van der Waals surface area contributed by atoms with Gasteiger partial charge >= 0.3 is 0 Å². The minimum Gasteiger partial charge on any atom is -0.497 e. The largest absolute Gasteiger partial charge is 0.497 e. The predicted octanol–water partition coefficient (Wildman–Crippen LogP) is 3.42. The monoisotopic (exact) mass is 395 g/mol. The standard InChI is InChI=1S/C21H21N3O3S/c1-14(15-6-4-3-5-7-15)22-20(26)13-28-21-23-18(12-19(25)24-21)16-8-10-17(27-2)11-9-16/h3-12,14H,13H2,1-2H3,(H,22,26)(H,23,24,25). The van der Waals surface area contributed by atoms with Crippen LogP contribution in [-0.2, 0) is 4.79 Å². The van der Waals surface area contributed by atoms with Crippen LogP contribution in [0, 0.1) is 0 Å². The third-order valence-corrected chi connectivity index (χ3v) is 5.00. The maximum absolute atomic E-state index is 12.2. The summed E-state index contributed by atoms with van der Waals surface area (Å²) in [6, 6.07) is 18.4. The first-order valence-electron chi connectivity index (χ1n) is 8.78. The highest BCUT2D eigenvalue weighted by Crippen LogP contribution is 2.21. The Morgan fingerprint density at radius 1 is 1.18 bits per heavy atom. The Morgan fingerprint density at radius 2 is 1.89 bits per heavy atom. The molecule has 0 aliphatic rings. The van der Waals surface area contributed by atoms with Crippen molar-refractivity contribution in [2.24, 2.45) is 0 Å². The lowest BCUT2D eigenvalue weighted by Gasteiger charge is -2.14. The summed E-state index contributed by atoms with van der Waals surface area (Å²) in [5.41, 5.74) is 2.12. The van der Waals surface area contributed by atoms with Gasteiger partial charge in [-0.15, -0.1) is 0 Å². The van der Waals surface area contributed by atoms with Crippen LogP contribution in [0.3, 0.4) is 0 Å². The van der Waals surface area contributed by atoms with Gasteiger partial charge in [0.05, 0.1) is 24.6 Å². The smallest absolute Gasteiger partial charge is 0.252 e. The quantitative estimate of drug-likeness (QED) is 0.473. The molecule has 0 fully saturated rings. The number of H-pyrrole nitrogens is 1. The molecule has 1 unspecified atom stereocenters. The number of nitrogens with zero attached hydrogens (tertiary/aromatic N) is 1. The fraction of sp³-hybridized carbons (Fsp3) is 0.190. The van der Waals surface area contributed by atoms with Crippen LogP contribution in [0.1, 0.15) is 18.5 Å². The number of hydrogen-bond acceptors (Lipinski definition) is 5. The Bertz CT molecular complexity index is 988. The van der Waals surface area contributed by atoms with Gasteiger partial charge in [0.2, 0.25) is 5.91 Å². The van der Waals surface area contributed by atoms with Gasteiger partial charge in [-0.2, -0.15) is 0 Å². The van der Waals surface area contributed by atoms with Gasteiger partial charge in [0.1, 0.15) is 5.75 Å². The van der Waals surface area contributed by atoms with Gasteiger partial charge in [0.25, 0.3) is 5.56 Å². The molecular weight excluding hydrogens is 374 g/mol. The molecule has 0 spiro atoms. The summed E-state index contributed by atoms with van der Waals surface area (Å²) in [6.45, 7) is 1.93. The number of carbonyl (C=O) groups is 1. The molecule has 0 radical (unpaired) electrons. The summed E-state index contributed by atoms with van der Waals surface area (Å²) in [6.07, 6.45) is 0. The van der Waals surface area contributed by atoms with E-state index in [1.54, 1.807) is 7.11 Å². The van der Waals surface area contributed by atoms with Crippen molar-refractivity contribution < 1.29 is 9.53 Å². The molecule has 6 nitrogen and oxygen atoms in total. The summed E-state index contributed by atoms with van der Waals surface area (Å²) in [5.74, 6) is 0.762. The van der Waals surface area contributed by atoms with E-state index in [-0.39, 0.29) is 23.3 Å². The minimum absolute atomic E-state index is 0.0908. The lowest BCUT2D eigenvalue weighted by molar-refractivity contribution is -0.119. The third-order valence-electron chi connectivity index (χ3n) is 4.12. The number of aromatic nitrogens is 2. The number of hydrogen-bond donors (Lipinski definition) is 2. The van der Waals surface area contributed by atoms with Crippen LogP contribution in [0.25, 0.3) is 11.3 Å². The molecule has 0 aliphatic heterocycles. The van der Waals surface area contributed by atoms with Crippen LogP contribution in [0.4, 0.5) is 0 Å². The van der Waals surface area contributed by atoms with Gasteiger partial charge in [0, 0.05) is 11.6 Å². The van der Waals surface area contributed by atoms with Gasteiger partial charge in [0.15, 0.2) is 5.16 Å². The third kappa shape index (κ3) is 5.23. The van der Waals surface area contributed by atoms with Gasteiger partial charge in [-0.1, -0.05) is 42.1 Å². The van der Waals surface area contributed by atoms with Gasteiger partial charge < -0.3 is 15.0 Å². The molecule has 7 heteroatoms. The second-order valence-corrected chi connectivity index (χ2v) is 7.12. The average molecular weight is 395 g/mol. The van der Waals surface area contributed by atoms with Gasteiger partial charge in [-0.3, -0.25) is 9.59 Å². The van der Waals surface area contributed by atoms with E-state index in [2.05, 4.69) is 15.3 Å². The number of amides is 1. The van der Waals surface area contributed by atoms with E-state index in [9.17, 15) is 9.59 Å². The zero-order valence-corrected chi connectivity index (χ0v) is 16.5. The molecule has 3 aromatic rings. The molecule has 0 aliphatic carbocycles. The Hall–Kier alpha value is -3.06. The maximum Gasteiger partial charge on any atom is 0.252 e. The second kappa shape index (κ2) is 9.23. The summed E-state index contributed by atoms with van der Waals surface area (Å²) in [4.78, 5) is 31.4. The summed E-state index contributed by atoms with van der Waals surface area (Å²) >= 11 is 1.19. The molecule has 28 heavy (non-hydrogen) atoms. The van der Waals surface area contributed by atoms with Gasteiger partial charge in [-0.25, -0.2) is 4.98 Å². The molecule has 3 rings (SSSR count). The van der Waals surface area contributed by atoms with Crippen molar-refractivity contribution in [1.29, 1.82) is 0 Å². The number of aromatic amines is 1. The summed E-state index contributed by atoms with van der Waals surface area (Å²) in [5, 5.41) is 3.35. The highest BCUT2D eigenvalue weighted by molar-refractivity contribution is 7.99. The Balaban J connectivity index is 1.64. The topological polar surface area (TPSA) is 84.1 Å². The van der Waals surface area contributed by atoms with E-state index in [0.717, 1.165) is 16.9 Å². The number of thioether (sulfide) groups is 1. The lowest BCUT2D eigenvalue weighted by Crippen LogP contribution is -2.28. The van der Waals surface area contributed by atoms with Gasteiger partial charge in [-0.05, 0) is 36.8 Å². The highest BCUT2D eigenvalue weighted by Gasteiger charge is 2.11. The van der Waals surface area contributed by atoms with Crippen LogP contribution in [0.2, 0.25) is 0 Å². The number of rotatable bonds is 7. The van der Waals surface area contributed by atoms with Crippen LogP contribution in [-0.4, -0.2) is 28.7 Å². The van der Waals surface area contributed by atoms with Crippen molar-refractivity contribution in [3.63, 3.8) is 0 Å². The molecule has 1 atom stereocenters. The molecule has 2 aromatic carbocycles. The SMILES string of the molecule is COc1ccc(-c2cc(=O)[nH]c(SCC(=O)NC(C)c3ccccc3)n2)cc1. The Kier molecular flexibility index (Phi) is 6.49. The number of ether oxygens (including phenoxy) is 1. The van der Waals surface area contributed by atoms with E-state index >= 15 is 0 Å². The molecule has 0 saturated carbocycles. The van der Waals surface area contributed by atoms with Crippen LogP contribution < -0.4 is 15.6 Å². The molecule has 2 N–H and O–H groups in total. The number of benzene rings is 2. The number of nitrogens with one attached hydrogen (secondary N) is 2. The first-order chi connectivity index (χ1) is 13.5. The molecule has 0 saturated heterocycles.